The Labute approximate surface area is 95.9 Å². The maximum Gasteiger partial charge on any atom is 0.337 e. The maximum absolute atomic E-state index is 11.0. The maximum atomic E-state index is 11.0. The Morgan fingerprint density at radius 2 is 2.12 bits per heavy atom. The number of anilines is 1. The van der Waals surface area contributed by atoms with Gasteiger partial charge in [-0.05, 0) is 33.2 Å². The molecule has 0 atom stereocenters. The highest BCUT2D eigenvalue weighted by atomic mass is 16.4. The molecule has 0 aliphatic heterocycles. The Balaban J connectivity index is 2.75. The summed E-state index contributed by atoms with van der Waals surface area (Å²) < 4.78 is 0. The van der Waals surface area contributed by atoms with E-state index in [0.717, 1.165) is 18.7 Å². The van der Waals surface area contributed by atoms with Gasteiger partial charge in [0.05, 0.1) is 5.56 Å². The van der Waals surface area contributed by atoms with Crippen molar-refractivity contribution >= 4 is 11.7 Å². The Hall–Kier alpha value is -1.55. The van der Waals surface area contributed by atoms with E-state index in [1.807, 2.05) is 38.1 Å². The van der Waals surface area contributed by atoms with Crippen LogP contribution in [-0.2, 0) is 0 Å². The molecule has 0 unspecified atom stereocenters. The molecule has 0 aliphatic carbocycles. The highest BCUT2D eigenvalue weighted by molar-refractivity contribution is 5.94. The summed E-state index contributed by atoms with van der Waals surface area (Å²) >= 11 is 0. The normalized spacial score (nSPS) is 10.5. The van der Waals surface area contributed by atoms with Crippen LogP contribution in [0.25, 0.3) is 0 Å². The van der Waals surface area contributed by atoms with Gasteiger partial charge >= 0.3 is 5.97 Å². The fourth-order valence-corrected chi connectivity index (χ4v) is 1.40. The average molecular weight is 222 g/mol. The van der Waals surface area contributed by atoms with E-state index in [-0.39, 0.29) is 0 Å². The van der Waals surface area contributed by atoms with Gasteiger partial charge in [-0.2, -0.15) is 0 Å². The van der Waals surface area contributed by atoms with Crippen molar-refractivity contribution < 1.29 is 9.90 Å². The first kappa shape index (κ1) is 12.5. The number of nitrogens with zero attached hydrogens (tertiary/aromatic N) is 1. The third kappa shape index (κ3) is 3.55. The molecule has 1 aromatic rings. The van der Waals surface area contributed by atoms with E-state index in [2.05, 4.69) is 5.32 Å². The van der Waals surface area contributed by atoms with Gasteiger partial charge in [0.2, 0.25) is 0 Å². The monoisotopic (exact) mass is 222 g/mol. The Kier molecular flexibility index (Phi) is 4.31. The minimum atomic E-state index is -0.893. The molecule has 4 heteroatoms. The zero-order valence-electron chi connectivity index (χ0n) is 9.95. The number of rotatable bonds is 5. The topological polar surface area (TPSA) is 52.6 Å². The molecule has 0 saturated carbocycles. The average Bonchev–Trinajstić information content (AvgIpc) is 2.19. The zero-order valence-corrected chi connectivity index (χ0v) is 9.95. The Morgan fingerprint density at radius 1 is 1.44 bits per heavy atom. The molecular weight excluding hydrogens is 204 g/mol. The number of carboxylic acids is 1. The van der Waals surface area contributed by atoms with Gasteiger partial charge < -0.3 is 15.3 Å². The van der Waals surface area contributed by atoms with Crippen LogP contribution in [0.15, 0.2) is 18.2 Å². The van der Waals surface area contributed by atoms with E-state index < -0.39 is 5.97 Å². The summed E-state index contributed by atoms with van der Waals surface area (Å²) in [5.74, 6) is -0.893. The second kappa shape index (κ2) is 5.51. The molecule has 0 bridgehead atoms. The van der Waals surface area contributed by atoms with Gasteiger partial charge in [0.25, 0.3) is 0 Å². The van der Waals surface area contributed by atoms with Crippen molar-refractivity contribution in [1.82, 2.24) is 4.90 Å². The molecule has 0 heterocycles. The van der Waals surface area contributed by atoms with Crippen molar-refractivity contribution in [3.8, 4) is 0 Å². The standard InChI is InChI=1S/C12H18N2O2/c1-9-4-5-11(10(8-9)12(15)16)13-6-7-14(2)3/h4-5,8,13H,6-7H2,1-3H3,(H,15,16). The molecule has 1 aromatic carbocycles. The third-order valence-electron chi connectivity index (χ3n) is 2.28. The molecule has 88 valence electrons. The van der Waals surface area contributed by atoms with E-state index in [0.29, 0.717) is 11.3 Å². The van der Waals surface area contributed by atoms with E-state index >= 15 is 0 Å². The van der Waals surface area contributed by atoms with Crippen LogP contribution in [0.5, 0.6) is 0 Å². The van der Waals surface area contributed by atoms with Gasteiger partial charge in [-0.3, -0.25) is 0 Å². The molecule has 0 saturated heterocycles. The lowest BCUT2D eigenvalue weighted by Crippen LogP contribution is -2.21. The molecule has 1 rings (SSSR count). The molecule has 2 N–H and O–H groups in total. The molecule has 0 radical (unpaired) electrons. The first-order chi connectivity index (χ1) is 7.50. The predicted molar refractivity (Wildman–Crippen MR) is 65.2 cm³/mol. The highest BCUT2D eigenvalue weighted by Gasteiger charge is 2.09. The molecule has 16 heavy (non-hydrogen) atoms. The minimum Gasteiger partial charge on any atom is -0.478 e. The number of aromatic carboxylic acids is 1. The van der Waals surface area contributed by atoms with E-state index in [1.165, 1.54) is 0 Å². The number of hydrogen-bond acceptors (Lipinski definition) is 3. The van der Waals surface area contributed by atoms with Crippen molar-refractivity contribution in [2.75, 3.05) is 32.5 Å². The lowest BCUT2D eigenvalue weighted by atomic mass is 10.1. The number of aryl methyl sites for hydroxylation is 1. The number of carboxylic acid groups (broad SMARTS) is 1. The number of carbonyl (C=O) groups is 1. The van der Waals surface area contributed by atoms with Crippen molar-refractivity contribution in [3.05, 3.63) is 29.3 Å². The minimum absolute atomic E-state index is 0.332. The summed E-state index contributed by atoms with van der Waals surface area (Å²) in [6.45, 7) is 3.49. The van der Waals surface area contributed by atoms with Gasteiger partial charge in [-0.1, -0.05) is 11.6 Å². The molecule has 4 nitrogen and oxygen atoms in total. The van der Waals surface area contributed by atoms with Gasteiger partial charge in [-0.15, -0.1) is 0 Å². The van der Waals surface area contributed by atoms with Crippen molar-refractivity contribution in [1.29, 1.82) is 0 Å². The number of hydrogen-bond donors (Lipinski definition) is 2. The first-order valence-corrected chi connectivity index (χ1v) is 5.23. The second-order valence-corrected chi connectivity index (χ2v) is 4.08. The zero-order chi connectivity index (χ0) is 12.1. The molecule has 0 aliphatic rings. The molecule has 0 amide bonds. The van der Waals surface area contributed by atoms with Crippen LogP contribution in [0.4, 0.5) is 5.69 Å². The summed E-state index contributed by atoms with van der Waals surface area (Å²) in [5, 5.41) is 12.2. The lowest BCUT2D eigenvalue weighted by molar-refractivity contribution is 0.0698. The van der Waals surface area contributed by atoms with Gasteiger partial charge in [0, 0.05) is 18.8 Å². The third-order valence-corrected chi connectivity index (χ3v) is 2.28. The Morgan fingerprint density at radius 3 is 2.69 bits per heavy atom. The summed E-state index contributed by atoms with van der Waals surface area (Å²) in [4.78, 5) is 13.1. The van der Waals surface area contributed by atoms with Crippen molar-refractivity contribution in [2.45, 2.75) is 6.92 Å². The second-order valence-electron chi connectivity index (χ2n) is 4.08. The fraction of sp³-hybridized carbons (Fsp3) is 0.417. The van der Waals surface area contributed by atoms with Gasteiger partial charge in [0.15, 0.2) is 0 Å². The van der Waals surface area contributed by atoms with Crippen LogP contribution in [0, 0.1) is 6.92 Å². The summed E-state index contributed by atoms with van der Waals surface area (Å²) in [6.07, 6.45) is 0. The molecular formula is C12H18N2O2. The summed E-state index contributed by atoms with van der Waals surface area (Å²) in [6, 6.07) is 5.40. The number of benzene rings is 1. The SMILES string of the molecule is Cc1ccc(NCCN(C)C)c(C(=O)O)c1. The fourth-order valence-electron chi connectivity index (χ4n) is 1.40. The van der Waals surface area contributed by atoms with Crippen molar-refractivity contribution in [2.24, 2.45) is 0 Å². The summed E-state index contributed by atoms with van der Waals surface area (Å²) in [7, 11) is 3.96. The van der Waals surface area contributed by atoms with Gasteiger partial charge in [-0.25, -0.2) is 4.79 Å². The smallest absolute Gasteiger partial charge is 0.337 e. The summed E-state index contributed by atoms with van der Waals surface area (Å²) in [5.41, 5.74) is 1.97. The molecule has 0 spiro atoms. The van der Waals surface area contributed by atoms with Crippen LogP contribution < -0.4 is 5.32 Å². The van der Waals surface area contributed by atoms with Gasteiger partial charge in [0.1, 0.15) is 0 Å². The lowest BCUT2D eigenvalue weighted by Gasteiger charge is -2.13. The molecule has 0 fully saturated rings. The largest absolute Gasteiger partial charge is 0.478 e. The van der Waals surface area contributed by atoms with E-state index in [4.69, 9.17) is 5.11 Å². The number of likely N-dealkylation sites (N-methyl/N-ethyl adjacent to an activating group) is 1. The quantitative estimate of drug-likeness (QED) is 0.795. The van der Waals surface area contributed by atoms with E-state index in [9.17, 15) is 4.79 Å². The van der Waals surface area contributed by atoms with Crippen LogP contribution >= 0.6 is 0 Å². The van der Waals surface area contributed by atoms with Crippen LogP contribution in [0.1, 0.15) is 15.9 Å². The first-order valence-electron chi connectivity index (χ1n) is 5.23. The van der Waals surface area contributed by atoms with Crippen LogP contribution in [0.3, 0.4) is 0 Å². The molecule has 0 aromatic heterocycles. The van der Waals surface area contributed by atoms with Crippen LogP contribution in [-0.4, -0.2) is 43.2 Å². The van der Waals surface area contributed by atoms with E-state index in [1.54, 1.807) is 6.07 Å². The van der Waals surface area contributed by atoms with Crippen LogP contribution in [0.2, 0.25) is 0 Å². The highest BCUT2D eigenvalue weighted by Crippen LogP contribution is 2.17. The van der Waals surface area contributed by atoms with Crippen molar-refractivity contribution in [3.63, 3.8) is 0 Å². The Bertz CT molecular complexity index is 375. The number of nitrogens with one attached hydrogen (secondary N) is 1. The predicted octanol–water partition coefficient (Wildman–Crippen LogP) is 1.67.